The predicted octanol–water partition coefficient (Wildman–Crippen LogP) is -2.76. The minimum absolute atomic E-state index is 0. The molecule has 24 heavy (non-hydrogen) atoms. The summed E-state index contributed by atoms with van der Waals surface area (Å²) in [5.41, 5.74) is -1.46. The van der Waals surface area contributed by atoms with Crippen LogP contribution in [0.3, 0.4) is 0 Å². The predicted molar refractivity (Wildman–Crippen MR) is 85.0 cm³/mol. The third kappa shape index (κ3) is 5.83. The van der Waals surface area contributed by atoms with E-state index in [0.29, 0.717) is 18.8 Å². The summed E-state index contributed by atoms with van der Waals surface area (Å²) in [6, 6.07) is 0. The number of aromatic nitrogens is 1. The molecule has 0 aromatic carbocycles. The molecular formula is C14H24N3NaO5S. The Bertz CT molecular complexity index is 656. The first kappa shape index (κ1) is 23.6. The summed E-state index contributed by atoms with van der Waals surface area (Å²) in [4.78, 5) is 17.0. The standard InChI is InChI=1S/C14H25N3O5S.Na/c1-5-17(6-2)8-7-15-13(18)11-9(3)12(16-10(11)4)14(19)23(20,21)22;/h14,16,19H,5-8H2,1-4H3,(H,15,18)(H,20,21,22);/q;+1/p-1. The minimum Gasteiger partial charge on any atom is -0.746 e. The number of aryl methyl sites for hydroxylation is 1. The van der Waals surface area contributed by atoms with Crippen LogP contribution in [0.25, 0.3) is 0 Å². The van der Waals surface area contributed by atoms with Crippen molar-refractivity contribution in [1.82, 2.24) is 15.2 Å². The molecule has 0 fully saturated rings. The average Bonchev–Trinajstić information content (AvgIpc) is 2.76. The number of carbonyl (C=O) groups excluding carboxylic acids is 1. The van der Waals surface area contributed by atoms with E-state index in [2.05, 4.69) is 15.2 Å². The van der Waals surface area contributed by atoms with Crippen molar-refractivity contribution in [2.75, 3.05) is 26.2 Å². The van der Waals surface area contributed by atoms with Gasteiger partial charge in [0.15, 0.2) is 5.44 Å². The topological polar surface area (TPSA) is 126 Å². The van der Waals surface area contributed by atoms with Gasteiger partial charge in [0.2, 0.25) is 0 Å². The van der Waals surface area contributed by atoms with Crippen LogP contribution >= 0.6 is 0 Å². The molecule has 10 heteroatoms. The van der Waals surface area contributed by atoms with Crippen molar-refractivity contribution in [3.05, 3.63) is 22.5 Å². The molecule has 3 N–H and O–H groups in total. The van der Waals surface area contributed by atoms with Crippen LogP contribution in [0.5, 0.6) is 0 Å². The number of carbonyl (C=O) groups is 1. The molecule has 1 unspecified atom stereocenters. The van der Waals surface area contributed by atoms with Gasteiger partial charge in [0.25, 0.3) is 5.91 Å². The normalized spacial score (nSPS) is 12.8. The van der Waals surface area contributed by atoms with Crippen LogP contribution in [0.1, 0.15) is 46.6 Å². The van der Waals surface area contributed by atoms with Gasteiger partial charge in [-0.25, -0.2) is 8.42 Å². The summed E-state index contributed by atoms with van der Waals surface area (Å²) in [5.74, 6) is -0.370. The molecule has 1 atom stereocenters. The summed E-state index contributed by atoms with van der Waals surface area (Å²) in [6.07, 6.45) is 0. The Balaban J connectivity index is 0.00000529. The van der Waals surface area contributed by atoms with Gasteiger partial charge in [-0.05, 0) is 32.5 Å². The Hall–Kier alpha value is -0.420. The van der Waals surface area contributed by atoms with Crippen molar-refractivity contribution in [3.8, 4) is 0 Å². The van der Waals surface area contributed by atoms with E-state index in [1.807, 2.05) is 13.8 Å². The first-order chi connectivity index (χ1) is 10.6. The fraction of sp³-hybridized carbons (Fsp3) is 0.643. The number of hydrogen-bond donors (Lipinski definition) is 3. The number of nitrogens with zero attached hydrogens (tertiary/aromatic N) is 1. The van der Waals surface area contributed by atoms with E-state index < -0.39 is 15.6 Å². The molecule has 1 rings (SSSR count). The van der Waals surface area contributed by atoms with Gasteiger partial charge in [-0.3, -0.25) is 4.79 Å². The first-order valence-corrected chi connectivity index (χ1v) is 8.92. The maximum atomic E-state index is 12.3. The van der Waals surface area contributed by atoms with Gasteiger partial charge in [-0.1, -0.05) is 13.8 Å². The molecule has 1 aromatic rings. The third-order valence-corrected chi connectivity index (χ3v) is 4.61. The number of hydrogen-bond acceptors (Lipinski definition) is 6. The second-order valence-corrected chi connectivity index (χ2v) is 6.72. The van der Waals surface area contributed by atoms with Gasteiger partial charge < -0.3 is 24.9 Å². The maximum absolute atomic E-state index is 12.3. The minimum atomic E-state index is -4.91. The number of likely N-dealkylation sites (N-methyl/N-ethyl adjacent to an activating group) is 1. The van der Waals surface area contributed by atoms with Gasteiger partial charge in [0.1, 0.15) is 10.1 Å². The average molecular weight is 369 g/mol. The van der Waals surface area contributed by atoms with E-state index in [0.717, 1.165) is 13.1 Å². The van der Waals surface area contributed by atoms with Gasteiger partial charge >= 0.3 is 29.6 Å². The van der Waals surface area contributed by atoms with E-state index in [1.54, 1.807) is 6.92 Å². The Morgan fingerprint density at radius 1 is 1.33 bits per heavy atom. The zero-order valence-corrected chi connectivity index (χ0v) is 17.7. The molecule has 0 aliphatic rings. The molecule has 0 radical (unpaired) electrons. The van der Waals surface area contributed by atoms with Gasteiger partial charge in [-0.2, -0.15) is 0 Å². The SMILES string of the molecule is CCN(CC)CCNC(=O)c1c(C)[nH]c(C(O)S(=O)(=O)[O-])c1C.[Na+]. The summed E-state index contributed by atoms with van der Waals surface area (Å²) >= 11 is 0. The van der Waals surface area contributed by atoms with Crippen molar-refractivity contribution in [3.63, 3.8) is 0 Å². The largest absolute Gasteiger partial charge is 1.00 e. The molecule has 0 saturated heterocycles. The van der Waals surface area contributed by atoms with Crippen molar-refractivity contribution < 1.29 is 52.4 Å². The van der Waals surface area contributed by atoms with E-state index in [1.165, 1.54) is 6.92 Å². The quantitative estimate of drug-likeness (QED) is 0.337. The molecule has 0 aliphatic carbocycles. The van der Waals surface area contributed by atoms with Crippen LogP contribution < -0.4 is 34.9 Å². The zero-order chi connectivity index (χ0) is 17.8. The first-order valence-electron chi connectivity index (χ1n) is 7.45. The fourth-order valence-corrected chi connectivity index (χ4v) is 2.99. The van der Waals surface area contributed by atoms with Gasteiger partial charge in [0, 0.05) is 18.8 Å². The van der Waals surface area contributed by atoms with Gasteiger partial charge in [-0.15, -0.1) is 0 Å². The summed E-state index contributed by atoms with van der Waals surface area (Å²) in [6.45, 7) is 10.0. The van der Waals surface area contributed by atoms with Crippen molar-refractivity contribution in [2.24, 2.45) is 0 Å². The Morgan fingerprint density at radius 3 is 2.33 bits per heavy atom. The molecule has 0 bridgehead atoms. The summed E-state index contributed by atoms with van der Waals surface area (Å²) < 4.78 is 32.9. The van der Waals surface area contributed by atoms with E-state index in [9.17, 15) is 22.9 Å². The number of amides is 1. The second kappa shape index (κ2) is 9.91. The molecule has 1 heterocycles. The molecule has 132 valence electrons. The molecule has 0 spiro atoms. The zero-order valence-electron chi connectivity index (χ0n) is 14.8. The molecule has 1 aromatic heterocycles. The smallest absolute Gasteiger partial charge is 0.746 e. The number of rotatable bonds is 8. The van der Waals surface area contributed by atoms with Crippen LogP contribution in [-0.2, 0) is 10.1 Å². The van der Waals surface area contributed by atoms with Crippen LogP contribution in [0, 0.1) is 13.8 Å². The van der Waals surface area contributed by atoms with E-state index >= 15 is 0 Å². The molecule has 1 amide bonds. The summed E-state index contributed by atoms with van der Waals surface area (Å²) in [7, 11) is -4.91. The van der Waals surface area contributed by atoms with Crippen molar-refractivity contribution >= 4 is 16.0 Å². The number of nitrogens with one attached hydrogen (secondary N) is 2. The van der Waals surface area contributed by atoms with Crippen LogP contribution in [0.2, 0.25) is 0 Å². The molecule has 0 saturated carbocycles. The number of aliphatic hydroxyl groups is 1. The van der Waals surface area contributed by atoms with Crippen LogP contribution in [0.15, 0.2) is 0 Å². The van der Waals surface area contributed by atoms with Crippen LogP contribution in [-0.4, -0.2) is 60.0 Å². The Kier molecular flexibility index (Phi) is 9.73. The Labute approximate surface area is 165 Å². The fourth-order valence-electron chi connectivity index (χ4n) is 2.46. The summed E-state index contributed by atoms with van der Waals surface area (Å²) in [5, 5.41) is 12.4. The number of H-pyrrole nitrogens is 1. The number of aliphatic hydroxyl groups excluding tert-OH is 1. The van der Waals surface area contributed by atoms with Gasteiger partial charge in [0.05, 0.1) is 11.3 Å². The van der Waals surface area contributed by atoms with Crippen molar-refractivity contribution in [1.29, 1.82) is 0 Å². The molecule has 8 nitrogen and oxygen atoms in total. The van der Waals surface area contributed by atoms with Crippen molar-refractivity contribution in [2.45, 2.75) is 33.1 Å². The molecule has 0 aliphatic heterocycles. The van der Waals surface area contributed by atoms with Crippen LogP contribution in [0.4, 0.5) is 0 Å². The van der Waals surface area contributed by atoms with E-state index in [-0.39, 0.29) is 52.3 Å². The maximum Gasteiger partial charge on any atom is 1.00 e. The monoisotopic (exact) mass is 369 g/mol. The Morgan fingerprint density at radius 2 is 1.88 bits per heavy atom. The number of aromatic amines is 1. The third-order valence-electron chi connectivity index (χ3n) is 3.83. The second-order valence-electron chi connectivity index (χ2n) is 5.29. The van der Waals surface area contributed by atoms with E-state index in [4.69, 9.17) is 0 Å². The molecular weight excluding hydrogens is 345 g/mol.